The molecule has 2 heterocycles. The highest BCUT2D eigenvalue weighted by Gasteiger charge is 2.14. The molecule has 2 aromatic heterocycles. The van der Waals surface area contributed by atoms with Gasteiger partial charge in [-0.15, -0.1) is 11.8 Å². The number of alkyl halides is 2. The third-order valence-corrected chi connectivity index (χ3v) is 6.94. The van der Waals surface area contributed by atoms with Crippen LogP contribution in [0.3, 0.4) is 0 Å². The van der Waals surface area contributed by atoms with Crippen LogP contribution >= 0.6 is 11.8 Å². The lowest BCUT2D eigenvalue weighted by atomic mass is 10.2. The van der Waals surface area contributed by atoms with Crippen molar-refractivity contribution >= 4 is 34.4 Å². The zero-order valence-electron chi connectivity index (χ0n) is 23.9. The first-order valence-electron chi connectivity index (χ1n) is 13.8. The van der Waals surface area contributed by atoms with E-state index in [4.69, 9.17) is 5.11 Å². The van der Waals surface area contributed by atoms with Crippen molar-refractivity contribution in [3.63, 3.8) is 0 Å². The Balaban J connectivity index is 0.000000482. The highest BCUT2D eigenvalue weighted by atomic mass is 32.2. The fraction of sp³-hybridized carbons (Fsp3) is 0.387. The van der Waals surface area contributed by atoms with Crippen molar-refractivity contribution in [1.29, 1.82) is 0 Å². The minimum atomic E-state index is -2.85. The van der Waals surface area contributed by atoms with E-state index < -0.39 is 17.5 Å². The molecule has 1 fully saturated rings. The molecule has 0 spiro atoms. The third-order valence-electron chi connectivity index (χ3n) is 5.87. The fourth-order valence-electron chi connectivity index (χ4n) is 3.86. The number of aliphatic hydroxyl groups is 1. The maximum Gasteiger partial charge on any atom is 0.269 e. The lowest BCUT2D eigenvalue weighted by molar-refractivity contribution is 0.150. The van der Waals surface area contributed by atoms with E-state index in [0.29, 0.717) is 5.39 Å². The summed E-state index contributed by atoms with van der Waals surface area (Å²) < 4.78 is 25.8. The van der Waals surface area contributed by atoms with Crippen LogP contribution in [-0.2, 0) is 5.75 Å². The van der Waals surface area contributed by atoms with Crippen molar-refractivity contribution in [1.82, 2.24) is 15.0 Å². The summed E-state index contributed by atoms with van der Waals surface area (Å²) in [5, 5.41) is 12.2. The second-order valence-electron chi connectivity index (χ2n) is 8.67. The highest BCUT2D eigenvalue weighted by molar-refractivity contribution is 7.98. The number of halogens is 2. The van der Waals surface area contributed by atoms with Crippen LogP contribution in [0, 0.1) is 6.92 Å². The number of rotatable bonds is 6. The number of H-pyrrole nitrogens is 1. The van der Waals surface area contributed by atoms with E-state index in [2.05, 4.69) is 38.5 Å². The minimum Gasteiger partial charge on any atom is -0.393 e. The first kappa shape index (κ1) is 32.9. The van der Waals surface area contributed by atoms with Crippen LogP contribution in [0.15, 0.2) is 70.5 Å². The van der Waals surface area contributed by atoms with Crippen LogP contribution < -0.4 is 10.9 Å². The molecule has 0 bridgehead atoms. The van der Waals surface area contributed by atoms with E-state index in [0.717, 1.165) is 40.8 Å². The minimum absolute atomic E-state index is 0.0463. The largest absolute Gasteiger partial charge is 0.393 e. The number of thioether (sulfide) groups is 1. The fourth-order valence-corrected chi connectivity index (χ4v) is 4.81. The number of fused-ring (bicyclic) bond motifs is 1. The molecule has 6 nitrogen and oxygen atoms in total. The van der Waals surface area contributed by atoms with Crippen LogP contribution in [0.1, 0.15) is 76.5 Å². The van der Waals surface area contributed by atoms with Gasteiger partial charge in [-0.05, 0) is 55.2 Å². The van der Waals surface area contributed by atoms with Crippen molar-refractivity contribution in [2.24, 2.45) is 0 Å². The van der Waals surface area contributed by atoms with Gasteiger partial charge in [-0.2, -0.15) is 4.98 Å². The molecule has 40 heavy (non-hydrogen) atoms. The summed E-state index contributed by atoms with van der Waals surface area (Å²) in [6, 6.07) is 17.4. The van der Waals surface area contributed by atoms with Crippen molar-refractivity contribution in [2.75, 3.05) is 5.32 Å². The zero-order chi connectivity index (χ0) is 29.5. The number of hydrogen-bond donors (Lipinski definition) is 3. The zero-order valence-corrected chi connectivity index (χ0v) is 24.7. The molecule has 1 aliphatic carbocycles. The van der Waals surface area contributed by atoms with Gasteiger partial charge < -0.3 is 15.4 Å². The molecule has 3 N–H and O–H groups in total. The number of aromatic nitrogens is 3. The second-order valence-corrected chi connectivity index (χ2v) is 9.72. The number of benzene rings is 2. The topological polar surface area (TPSA) is 90.9 Å². The molecule has 2 aromatic carbocycles. The van der Waals surface area contributed by atoms with Gasteiger partial charge in [-0.3, -0.25) is 4.79 Å². The van der Waals surface area contributed by atoms with E-state index in [1.54, 1.807) is 11.8 Å². The first-order valence-corrected chi connectivity index (χ1v) is 14.8. The van der Waals surface area contributed by atoms with Crippen LogP contribution in [0.5, 0.6) is 0 Å². The first-order chi connectivity index (χ1) is 19.4. The Kier molecular flexibility index (Phi) is 14.3. The summed E-state index contributed by atoms with van der Waals surface area (Å²) in [6.07, 6.45) is 3.16. The van der Waals surface area contributed by atoms with E-state index in [1.165, 1.54) is 24.6 Å². The molecule has 4 aromatic rings. The number of anilines is 2. The van der Waals surface area contributed by atoms with Gasteiger partial charge in [0.25, 0.3) is 12.0 Å². The van der Waals surface area contributed by atoms with E-state index in [9.17, 15) is 13.6 Å². The summed E-state index contributed by atoms with van der Waals surface area (Å²) in [4.78, 5) is 23.7. The molecule has 9 heteroatoms. The SMILES string of the molecule is CC.CC.Cc1cc(SCc2ccccc2)ccc1Nc1ncc2cc(C(F)F)c(=O)[nH]c2n1.OC1CCCC1. The predicted molar refractivity (Wildman–Crippen MR) is 163 cm³/mol. The average molecular weight is 571 g/mol. The number of nitrogens with one attached hydrogen (secondary N) is 2. The number of aryl methyl sites for hydroxylation is 1. The Hall–Kier alpha value is -3.30. The Morgan fingerprint density at radius 1 is 1.05 bits per heavy atom. The summed E-state index contributed by atoms with van der Waals surface area (Å²) in [6.45, 7) is 9.98. The summed E-state index contributed by atoms with van der Waals surface area (Å²) >= 11 is 1.75. The lowest BCUT2D eigenvalue weighted by Crippen LogP contribution is -2.13. The summed E-state index contributed by atoms with van der Waals surface area (Å²) in [7, 11) is 0. The molecule has 0 amide bonds. The van der Waals surface area contributed by atoms with Gasteiger partial charge in [0.05, 0.1) is 11.7 Å². The molecule has 0 saturated heterocycles. The monoisotopic (exact) mass is 570 g/mol. The van der Waals surface area contributed by atoms with Gasteiger partial charge in [0.15, 0.2) is 0 Å². The molecule has 0 aliphatic heterocycles. The van der Waals surface area contributed by atoms with Gasteiger partial charge >= 0.3 is 0 Å². The van der Waals surface area contributed by atoms with Crippen LogP contribution in [0.4, 0.5) is 20.4 Å². The molecule has 0 radical (unpaired) electrons. The third kappa shape index (κ3) is 10.0. The van der Waals surface area contributed by atoms with Crippen LogP contribution in [0.2, 0.25) is 0 Å². The number of hydrogen-bond acceptors (Lipinski definition) is 6. The molecule has 0 atom stereocenters. The number of nitrogens with zero attached hydrogens (tertiary/aromatic N) is 2. The molecule has 1 aliphatic rings. The van der Waals surface area contributed by atoms with Crippen molar-refractivity contribution in [3.05, 3.63) is 87.8 Å². The molecule has 5 rings (SSSR count). The lowest BCUT2D eigenvalue weighted by Gasteiger charge is -2.11. The van der Waals surface area contributed by atoms with Gasteiger partial charge in [0, 0.05) is 27.9 Å². The number of aromatic amines is 1. The maximum absolute atomic E-state index is 12.9. The van der Waals surface area contributed by atoms with E-state index in [-0.39, 0.29) is 17.7 Å². The standard InChI is InChI=1S/C22H18F2N4OS.C5H10O.2C2H6/c1-13-9-16(30-12-14-5-3-2-4-6-14)7-8-18(13)26-22-25-11-15-10-17(19(23)24)21(29)27-20(15)28-22;6-5-3-1-2-4-5;2*1-2/h2-11,19H,12H2,1H3,(H2,25,26,27,28,29);5-6H,1-4H2;2*1-2H3. The Morgan fingerprint density at radius 3 is 2.30 bits per heavy atom. The Morgan fingerprint density at radius 2 is 1.73 bits per heavy atom. The summed E-state index contributed by atoms with van der Waals surface area (Å²) in [5.74, 6) is 1.16. The molecular weight excluding hydrogens is 530 g/mol. The van der Waals surface area contributed by atoms with E-state index in [1.807, 2.05) is 65.0 Å². The predicted octanol–water partition coefficient (Wildman–Crippen LogP) is 8.57. The second kappa shape index (κ2) is 17.4. The maximum atomic E-state index is 12.9. The summed E-state index contributed by atoms with van der Waals surface area (Å²) in [5.41, 5.74) is 1.86. The number of pyridine rings is 1. The smallest absolute Gasteiger partial charge is 0.269 e. The van der Waals surface area contributed by atoms with Crippen LogP contribution in [-0.4, -0.2) is 26.2 Å². The van der Waals surface area contributed by atoms with Crippen molar-refractivity contribution in [3.8, 4) is 0 Å². The van der Waals surface area contributed by atoms with Crippen molar-refractivity contribution in [2.45, 2.75) is 83.5 Å². The van der Waals surface area contributed by atoms with Crippen molar-refractivity contribution < 1.29 is 13.9 Å². The average Bonchev–Trinajstić information content (AvgIpc) is 3.46. The Labute approximate surface area is 239 Å². The van der Waals surface area contributed by atoms with E-state index >= 15 is 0 Å². The molecule has 216 valence electrons. The van der Waals surface area contributed by atoms with Gasteiger partial charge in [0.1, 0.15) is 5.65 Å². The van der Waals surface area contributed by atoms with Gasteiger partial charge in [0.2, 0.25) is 5.95 Å². The highest BCUT2D eigenvalue weighted by Crippen LogP contribution is 2.28. The van der Waals surface area contributed by atoms with Gasteiger partial charge in [-0.25, -0.2) is 13.8 Å². The van der Waals surface area contributed by atoms with Gasteiger partial charge in [-0.1, -0.05) is 70.9 Å². The van der Waals surface area contributed by atoms with Crippen LogP contribution in [0.25, 0.3) is 11.0 Å². The Bertz CT molecular complexity index is 1360. The molecule has 1 saturated carbocycles. The molecule has 0 unspecified atom stereocenters. The molecular formula is C31H40F2N4O2S. The number of aliphatic hydroxyl groups excluding tert-OH is 1. The normalized spacial score (nSPS) is 12.5. The quantitative estimate of drug-likeness (QED) is 0.201.